The van der Waals surface area contributed by atoms with Crippen LogP contribution in [0.15, 0.2) is 0 Å². The van der Waals surface area contributed by atoms with Gasteiger partial charge >= 0.3 is 0 Å². The fraction of sp³-hybridized carbons (Fsp3) is 0.909. The van der Waals surface area contributed by atoms with Crippen molar-refractivity contribution in [3.8, 4) is 0 Å². The number of halogens is 1. The zero-order valence-corrected chi connectivity index (χ0v) is 10.3. The molecule has 16 heavy (non-hydrogen) atoms. The lowest BCUT2D eigenvalue weighted by atomic mass is 10.1. The Labute approximate surface area is 103 Å². The fourth-order valence-electron chi connectivity index (χ4n) is 2.52. The van der Waals surface area contributed by atoms with E-state index in [0.717, 1.165) is 38.6 Å². The summed E-state index contributed by atoms with van der Waals surface area (Å²) in [5, 5.41) is 15.7. The molecular formula is C11H21ClN2O2. The van der Waals surface area contributed by atoms with Crippen molar-refractivity contribution in [1.29, 1.82) is 0 Å². The number of carbonyl (C=O) groups is 1. The van der Waals surface area contributed by atoms with Crippen LogP contribution in [0.25, 0.3) is 0 Å². The molecule has 3 atom stereocenters. The van der Waals surface area contributed by atoms with Crippen LogP contribution in [-0.2, 0) is 4.79 Å². The van der Waals surface area contributed by atoms with Crippen molar-refractivity contribution in [2.24, 2.45) is 5.92 Å². The predicted molar refractivity (Wildman–Crippen MR) is 64.6 cm³/mol. The van der Waals surface area contributed by atoms with Crippen LogP contribution in [0.3, 0.4) is 0 Å². The van der Waals surface area contributed by atoms with Gasteiger partial charge in [0.1, 0.15) is 0 Å². The molecule has 2 fully saturated rings. The van der Waals surface area contributed by atoms with Gasteiger partial charge in [-0.2, -0.15) is 0 Å². The summed E-state index contributed by atoms with van der Waals surface area (Å²) in [7, 11) is 0. The second-order valence-electron chi connectivity index (χ2n) is 4.65. The minimum absolute atomic E-state index is 0. The minimum Gasteiger partial charge on any atom is -0.393 e. The second kappa shape index (κ2) is 6.42. The maximum atomic E-state index is 11.7. The molecule has 2 rings (SSSR count). The number of hydrogen-bond acceptors (Lipinski definition) is 3. The number of hydrogen-bond donors (Lipinski definition) is 3. The predicted octanol–water partition coefficient (Wildman–Crippen LogP) is 0.437. The van der Waals surface area contributed by atoms with Gasteiger partial charge in [-0.15, -0.1) is 12.4 Å². The van der Waals surface area contributed by atoms with E-state index in [9.17, 15) is 9.90 Å². The van der Waals surface area contributed by atoms with Crippen molar-refractivity contribution < 1.29 is 9.90 Å². The molecule has 4 nitrogen and oxygen atoms in total. The van der Waals surface area contributed by atoms with Gasteiger partial charge in [0.2, 0.25) is 5.91 Å². The molecule has 0 aromatic rings. The normalized spacial score (nSPS) is 33.4. The summed E-state index contributed by atoms with van der Waals surface area (Å²) < 4.78 is 0. The molecule has 1 amide bonds. The Morgan fingerprint density at radius 3 is 2.69 bits per heavy atom. The Morgan fingerprint density at radius 1 is 1.31 bits per heavy atom. The molecule has 0 spiro atoms. The third-order valence-corrected chi connectivity index (χ3v) is 3.53. The van der Waals surface area contributed by atoms with E-state index in [1.807, 2.05) is 0 Å². The van der Waals surface area contributed by atoms with E-state index in [1.165, 1.54) is 0 Å². The first kappa shape index (κ1) is 13.7. The summed E-state index contributed by atoms with van der Waals surface area (Å²) in [5.41, 5.74) is 0. The van der Waals surface area contributed by atoms with Gasteiger partial charge in [0.05, 0.1) is 12.1 Å². The average Bonchev–Trinajstić information content (AvgIpc) is 2.85. The van der Waals surface area contributed by atoms with Crippen LogP contribution in [-0.4, -0.2) is 36.2 Å². The molecule has 1 aliphatic heterocycles. The van der Waals surface area contributed by atoms with Crippen LogP contribution in [0.2, 0.25) is 0 Å². The highest BCUT2D eigenvalue weighted by Crippen LogP contribution is 2.24. The van der Waals surface area contributed by atoms with Gasteiger partial charge in [-0.25, -0.2) is 0 Å². The highest BCUT2D eigenvalue weighted by Gasteiger charge is 2.27. The number of amides is 1. The van der Waals surface area contributed by atoms with Crippen molar-refractivity contribution >= 4 is 18.3 Å². The zero-order valence-electron chi connectivity index (χ0n) is 9.45. The molecule has 2 aliphatic rings. The van der Waals surface area contributed by atoms with Gasteiger partial charge in [0.25, 0.3) is 0 Å². The van der Waals surface area contributed by atoms with Crippen LogP contribution in [0, 0.1) is 5.92 Å². The zero-order chi connectivity index (χ0) is 10.7. The Kier molecular flexibility index (Phi) is 5.52. The van der Waals surface area contributed by atoms with Gasteiger partial charge in [-0.05, 0) is 32.2 Å². The van der Waals surface area contributed by atoms with Crippen molar-refractivity contribution in [3.63, 3.8) is 0 Å². The molecule has 3 unspecified atom stereocenters. The van der Waals surface area contributed by atoms with Crippen LogP contribution < -0.4 is 10.6 Å². The molecule has 94 valence electrons. The van der Waals surface area contributed by atoms with Crippen molar-refractivity contribution in [1.82, 2.24) is 10.6 Å². The van der Waals surface area contributed by atoms with Gasteiger partial charge < -0.3 is 15.7 Å². The van der Waals surface area contributed by atoms with E-state index in [1.54, 1.807) is 0 Å². The number of aliphatic hydroxyl groups is 1. The molecule has 0 radical (unpaired) electrons. The first-order valence-corrected chi connectivity index (χ1v) is 5.96. The lowest BCUT2D eigenvalue weighted by Crippen LogP contribution is -2.43. The van der Waals surface area contributed by atoms with Crippen LogP contribution in [0.4, 0.5) is 0 Å². The van der Waals surface area contributed by atoms with Crippen LogP contribution in [0.1, 0.15) is 32.1 Å². The molecule has 0 aromatic heterocycles. The summed E-state index contributed by atoms with van der Waals surface area (Å²) in [4.78, 5) is 11.7. The molecule has 1 saturated carbocycles. The largest absolute Gasteiger partial charge is 0.393 e. The smallest absolute Gasteiger partial charge is 0.237 e. The monoisotopic (exact) mass is 248 g/mol. The van der Waals surface area contributed by atoms with E-state index < -0.39 is 0 Å². The first-order valence-electron chi connectivity index (χ1n) is 5.96. The summed E-state index contributed by atoms with van der Waals surface area (Å²) >= 11 is 0. The van der Waals surface area contributed by atoms with E-state index in [4.69, 9.17) is 0 Å². The number of nitrogens with one attached hydrogen (secondary N) is 2. The quantitative estimate of drug-likeness (QED) is 0.679. The maximum absolute atomic E-state index is 11.7. The Balaban J connectivity index is 0.00000128. The minimum atomic E-state index is -0.207. The van der Waals surface area contributed by atoms with Crippen LogP contribution in [0.5, 0.6) is 0 Å². The topological polar surface area (TPSA) is 61.4 Å². The molecule has 1 heterocycles. The number of aliphatic hydroxyl groups excluding tert-OH is 1. The lowest BCUT2D eigenvalue weighted by Gasteiger charge is -2.17. The van der Waals surface area contributed by atoms with Gasteiger partial charge in [-0.3, -0.25) is 4.79 Å². The maximum Gasteiger partial charge on any atom is 0.237 e. The highest BCUT2D eigenvalue weighted by molar-refractivity contribution is 5.85. The van der Waals surface area contributed by atoms with E-state index >= 15 is 0 Å². The second-order valence-corrected chi connectivity index (χ2v) is 4.65. The third-order valence-electron chi connectivity index (χ3n) is 3.53. The molecule has 3 N–H and O–H groups in total. The van der Waals surface area contributed by atoms with Gasteiger partial charge in [0, 0.05) is 12.5 Å². The Bertz CT molecular complexity index is 232. The third kappa shape index (κ3) is 3.34. The summed E-state index contributed by atoms with van der Waals surface area (Å²) in [6, 6.07) is 0.00328. The summed E-state index contributed by atoms with van der Waals surface area (Å²) in [5.74, 6) is 0.377. The lowest BCUT2D eigenvalue weighted by molar-refractivity contribution is -0.123. The van der Waals surface area contributed by atoms with Gasteiger partial charge in [0.15, 0.2) is 0 Å². The Hall–Kier alpha value is -0.320. The average molecular weight is 249 g/mol. The van der Waals surface area contributed by atoms with E-state index in [2.05, 4.69) is 10.6 Å². The highest BCUT2D eigenvalue weighted by atomic mass is 35.5. The van der Waals surface area contributed by atoms with E-state index in [0.29, 0.717) is 6.54 Å². The summed E-state index contributed by atoms with van der Waals surface area (Å²) in [6.07, 6.45) is 4.84. The molecular weight excluding hydrogens is 228 g/mol. The Morgan fingerprint density at radius 2 is 2.12 bits per heavy atom. The number of carbonyl (C=O) groups excluding carboxylic acids is 1. The van der Waals surface area contributed by atoms with Crippen molar-refractivity contribution in [2.45, 2.75) is 44.2 Å². The standard InChI is InChI=1S/C11H20N2O2.ClH/c14-10-5-1-3-8(10)7-13-11(15)9-4-2-6-12-9;/h8-10,12,14H,1-7H2,(H,13,15);1H. The molecule has 5 heteroatoms. The van der Waals surface area contributed by atoms with Crippen molar-refractivity contribution in [3.05, 3.63) is 0 Å². The van der Waals surface area contributed by atoms with E-state index in [-0.39, 0.29) is 36.4 Å². The fourth-order valence-corrected chi connectivity index (χ4v) is 2.52. The van der Waals surface area contributed by atoms with Crippen molar-refractivity contribution in [2.75, 3.05) is 13.1 Å². The number of rotatable bonds is 3. The molecule has 0 aromatic carbocycles. The molecule has 0 bridgehead atoms. The SMILES string of the molecule is Cl.O=C(NCC1CCCC1O)C1CCCN1. The summed E-state index contributed by atoms with van der Waals surface area (Å²) in [6.45, 7) is 1.59. The van der Waals surface area contributed by atoms with Gasteiger partial charge in [-0.1, -0.05) is 6.42 Å². The first-order chi connectivity index (χ1) is 7.27. The molecule has 1 aliphatic carbocycles. The van der Waals surface area contributed by atoms with Crippen LogP contribution >= 0.6 is 12.4 Å². The molecule has 1 saturated heterocycles.